The first-order chi connectivity index (χ1) is 17.4. The molecule has 4 aromatic rings. The molecular weight excluding hydrogens is 685 g/mol. The normalized spacial score (nSPS) is 9.18. The largest absolute Gasteiger partial charge is 0.504 e. The molecule has 203 valence electrons. The topological polar surface area (TPSA) is 151 Å². The fourth-order valence-electron chi connectivity index (χ4n) is 2.17. The number of halogens is 4. The zero-order valence-electron chi connectivity index (χ0n) is 19.4. The van der Waals surface area contributed by atoms with E-state index < -0.39 is 63.5 Å². The number of para-hydroxylation sites is 4. The van der Waals surface area contributed by atoms with Crippen LogP contribution in [0.1, 0.15) is 0 Å². The smallest absolute Gasteiger partial charge is 0.194 e. The van der Waals surface area contributed by atoms with Gasteiger partial charge in [-0.1, -0.05) is 24.3 Å². The van der Waals surface area contributed by atoms with Crippen molar-refractivity contribution >= 4 is 0 Å². The fourth-order valence-corrected chi connectivity index (χ4v) is 2.17. The van der Waals surface area contributed by atoms with Gasteiger partial charge in [-0.2, -0.15) is 0 Å². The van der Waals surface area contributed by atoms with E-state index in [1.54, 1.807) is 0 Å². The van der Waals surface area contributed by atoms with Gasteiger partial charge in [0.25, 0.3) is 0 Å². The van der Waals surface area contributed by atoms with Crippen LogP contribution in [0.25, 0.3) is 0 Å². The summed E-state index contributed by atoms with van der Waals surface area (Å²) in [7, 11) is 1.37. The number of rotatable bonds is 1. The third kappa shape index (κ3) is 10.4. The second-order valence-corrected chi connectivity index (χ2v) is 6.61. The molecule has 0 heterocycles. The molecule has 0 aliphatic rings. The quantitative estimate of drug-likeness (QED) is 0.105. The van der Waals surface area contributed by atoms with Crippen molar-refractivity contribution in [3.63, 3.8) is 0 Å². The summed E-state index contributed by atoms with van der Waals surface area (Å²) >= 11 is 0. The molecule has 13 heteroatoms. The molecule has 8 nitrogen and oxygen atoms in total. The summed E-state index contributed by atoms with van der Waals surface area (Å²) < 4.78 is 53.6. The van der Waals surface area contributed by atoms with Gasteiger partial charge in [-0.25, -0.2) is 17.6 Å². The molecule has 0 aromatic heterocycles. The van der Waals surface area contributed by atoms with Gasteiger partial charge in [-0.05, 0) is 48.5 Å². The maximum Gasteiger partial charge on any atom is 0.194 e. The number of aromatic hydroxyl groups is 7. The van der Waals surface area contributed by atoms with Gasteiger partial charge in [-0.3, -0.25) is 0 Å². The van der Waals surface area contributed by atoms with E-state index in [0.29, 0.717) is 0 Å². The van der Waals surface area contributed by atoms with Gasteiger partial charge in [-0.15, -0.1) is 0 Å². The summed E-state index contributed by atoms with van der Waals surface area (Å²) in [6.07, 6.45) is 0. The predicted octanol–water partition coefficient (Wildman–Crippen LogP) is 5.25. The van der Waals surface area contributed by atoms with Crippen molar-refractivity contribution in [3.05, 3.63) is 96.1 Å². The minimum atomic E-state index is -0.810. The standard InChI is InChI=1S/C7H7FO2.3C6H5FO2.Ta/c1-10-6-4-2-3-5(8)7(6)9;3*7-4-2-1-3-5(8)6(4)9;/h2-4,9H,1H3;3*1-3,8-9H;. The number of phenols is 7. The molecule has 0 saturated heterocycles. The number of phenolic OH excluding ortho intramolecular Hbond substituents is 7. The number of methoxy groups -OCH3 is 1. The van der Waals surface area contributed by atoms with Crippen molar-refractivity contribution < 1.29 is 80.4 Å². The number of hydrogen-bond donors (Lipinski definition) is 7. The predicted molar refractivity (Wildman–Crippen MR) is 124 cm³/mol. The van der Waals surface area contributed by atoms with Gasteiger partial charge in [0.2, 0.25) is 0 Å². The second kappa shape index (κ2) is 16.5. The molecule has 0 atom stereocenters. The Labute approximate surface area is 229 Å². The van der Waals surface area contributed by atoms with E-state index in [0.717, 1.165) is 24.3 Å². The van der Waals surface area contributed by atoms with Crippen LogP contribution in [0.5, 0.6) is 46.0 Å². The Balaban J connectivity index is 0.000000477. The molecule has 4 rings (SSSR count). The molecule has 0 saturated carbocycles. The maximum absolute atomic E-state index is 12.4. The first-order valence-electron chi connectivity index (χ1n) is 9.91. The molecule has 0 amide bonds. The van der Waals surface area contributed by atoms with E-state index in [4.69, 9.17) is 35.7 Å². The molecule has 0 aliphatic heterocycles. The number of benzene rings is 4. The molecule has 7 N–H and O–H groups in total. The van der Waals surface area contributed by atoms with Crippen LogP contribution in [0.15, 0.2) is 72.8 Å². The summed E-state index contributed by atoms with van der Waals surface area (Å²) in [6, 6.07) is 14.9. The van der Waals surface area contributed by atoms with Crippen molar-refractivity contribution in [1.29, 1.82) is 0 Å². The first kappa shape index (κ1) is 33.7. The van der Waals surface area contributed by atoms with Crippen LogP contribution in [0.2, 0.25) is 0 Å². The van der Waals surface area contributed by atoms with E-state index in [2.05, 4.69) is 4.74 Å². The molecule has 0 aliphatic carbocycles. The van der Waals surface area contributed by atoms with Crippen LogP contribution < -0.4 is 4.74 Å². The average Bonchev–Trinajstić information content (AvgIpc) is 2.87. The van der Waals surface area contributed by atoms with Gasteiger partial charge >= 0.3 is 0 Å². The van der Waals surface area contributed by atoms with Gasteiger partial charge in [0, 0.05) is 22.4 Å². The van der Waals surface area contributed by atoms with Crippen LogP contribution in [-0.2, 0) is 22.4 Å². The molecule has 38 heavy (non-hydrogen) atoms. The fraction of sp³-hybridized carbons (Fsp3) is 0.0400. The summed E-state index contributed by atoms with van der Waals surface area (Å²) in [5.74, 6) is -6.78. The summed E-state index contributed by atoms with van der Waals surface area (Å²) in [6.45, 7) is 0. The van der Waals surface area contributed by atoms with E-state index in [1.165, 1.54) is 55.6 Å². The Hall–Kier alpha value is -4.26. The number of hydrogen-bond acceptors (Lipinski definition) is 8. The van der Waals surface area contributed by atoms with Crippen molar-refractivity contribution in [1.82, 2.24) is 0 Å². The molecule has 1 radical (unpaired) electrons. The summed E-state index contributed by atoms with van der Waals surface area (Å²) in [5, 5.41) is 60.5. The van der Waals surface area contributed by atoms with E-state index in [-0.39, 0.29) is 28.1 Å². The van der Waals surface area contributed by atoms with Crippen molar-refractivity contribution in [2.75, 3.05) is 7.11 Å². The molecule has 0 fully saturated rings. The van der Waals surface area contributed by atoms with E-state index >= 15 is 0 Å². The van der Waals surface area contributed by atoms with Crippen molar-refractivity contribution in [3.8, 4) is 46.0 Å². The zero-order valence-corrected chi connectivity index (χ0v) is 22.6. The van der Waals surface area contributed by atoms with Gasteiger partial charge in [0.15, 0.2) is 69.3 Å². The molecule has 4 aromatic carbocycles. The van der Waals surface area contributed by atoms with Crippen molar-refractivity contribution in [2.45, 2.75) is 0 Å². The van der Waals surface area contributed by atoms with Crippen molar-refractivity contribution in [2.24, 2.45) is 0 Å². The Morgan fingerprint density at radius 1 is 0.447 bits per heavy atom. The maximum atomic E-state index is 12.4. The Morgan fingerprint density at radius 3 is 0.921 bits per heavy atom. The van der Waals surface area contributed by atoms with E-state index in [9.17, 15) is 17.6 Å². The third-order valence-electron chi connectivity index (χ3n) is 4.07. The monoisotopic (exact) mass is 707 g/mol. The van der Waals surface area contributed by atoms with Gasteiger partial charge < -0.3 is 40.5 Å². The van der Waals surface area contributed by atoms with Crippen LogP contribution >= 0.6 is 0 Å². The Kier molecular flexibility index (Phi) is 14.6. The molecule has 0 bridgehead atoms. The van der Waals surface area contributed by atoms with E-state index in [1.807, 2.05) is 0 Å². The summed E-state index contributed by atoms with van der Waals surface area (Å²) in [4.78, 5) is 0. The first-order valence-corrected chi connectivity index (χ1v) is 9.91. The zero-order chi connectivity index (χ0) is 28.1. The molecule has 0 unspecified atom stereocenters. The molecule has 0 spiro atoms. The minimum Gasteiger partial charge on any atom is -0.504 e. The third-order valence-corrected chi connectivity index (χ3v) is 4.07. The average molecular weight is 707 g/mol. The minimum absolute atomic E-state index is 0. The summed E-state index contributed by atoms with van der Waals surface area (Å²) in [5.41, 5.74) is 0. The Morgan fingerprint density at radius 2 is 0.711 bits per heavy atom. The van der Waals surface area contributed by atoms with Crippen LogP contribution in [-0.4, -0.2) is 42.9 Å². The second-order valence-electron chi connectivity index (χ2n) is 6.61. The Bertz CT molecular complexity index is 1130. The SMILES string of the molecule is COc1cccc(F)c1O.Oc1cccc(F)c1O.Oc1cccc(F)c1O.Oc1cccc(F)c1O.[Ta]. The molecular formula is C25H22F4O8Ta. The van der Waals surface area contributed by atoms with Crippen LogP contribution in [0.3, 0.4) is 0 Å². The van der Waals surface area contributed by atoms with Gasteiger partial charge in [0.05, 0.1) is 7.11 Å². The van der Waals surface area contributed by atoms with Crippen LogP contribution in [0.4, 0.5) is 17.6 Å². The van der Waals surface area contributed by atoms with Gasteiger partial charge in [0.1, 0.15) is 0 Å². The van der Waals surface area contributed by atoms with Crippen LogP contribution in [0, 0.1) is 23.3 Å². The number of ether oxygens (including phenoxy) is 1.